The van der Waals surface area contributed by atoms with E-state index >= 15 is 0 Å². The second kappa shape index (κ2) is 11.3. The second-order valence-corrected chi connectivity index (χ2v) is 7.71. The summed E-state index contributed by atoms with van der Waals surface area (Å²) in [6, 6.07) is 13.0. The molecule has 2 N–H and O–H groups in total. The molecule has 0 fully saturated rings. The van der Waals surface area contributed by atoms with Gasteiger partial charge >= 0.3 is 5.97 Å². The minimum Gasteiger partial charge on any atom is -0.497 e. The lowest BCUT2D eigenvalue weighted by molar-refractivity contribution is -0.116. The lowest BCUT2D eigenvalue weighted by atomic mass is 10.2. The van der Waals surface area contributed by atoms with Crippen LogP contribution in [0.2, 0.25) is 0 Å². The van der Waals surface area contributed by atoms with Crippen LogP contribution in [-0.2, 0) is 16.1 Å². The Bertz CT molecular complexity index is 1110. The fraction of sp³-hybridized carbons (Fsp3) is 0.217. The van der Waals surface area contributed by atoms with Gasteiger partial charge in [0.15, 0.2) is 5.16 Å². The molecule has 8 nitrogen and oxygen atoms in total. The monoisotopic (exact) mass is 470 g/mol. The average Bonchev–Trinajstić information content (AvgIpc) is 2.82. The summed E-state index contributed by atoms with van der Waals surface area (Å²) >= 11 is 1.08. The molecule has 3 aromatic rings. The van der Waals surface area contributed by atoms with E-state index in [1.54, 1.807) is 43.2 Å². The number of nitrogen functional groups attached to an aromatic ring is 1. The van der Waals surface area contributed by atoms with Crippen molar-refractivity contribution in [2.75, 3.05) is 30.1 Å². The third-order valence-corrected chi connectivity index (χ3v) is 5.40. The summed E-state index contributed by atoms with van der Waals surface area (Å²) in [4.78, 5) is 34.7. The number of hydrogen-bond acceptors (Lipinski definition) is 8. The molecule has 0 spiro atoms. The van der Waals surface area contributed by atoms with E-state index in [-0.39, 0.29) is 41.3 Å². The Kier molecular flexibility index (Phi) is 8.20. The third-order valence-electron chi connectivity index (χ3n) is 4.56. The Morgan fingerprint density at radius 2 is 1.82 bits per heavy atom. The van der Waals surface area contributed by atoms with Crippen LogP contribution in [0.25, 0.3) is 0 Å². The predicted octanol–water partition coefficient (Wildman–Crippen LogP) is 3.71. The first kappa shape index (κ1) is 24.0. The molecule has 1 heterocycles. The van der Waals surface area contributed by atoms with Crippen LogP contribution >= 0.6 is 11.8 Å². The summed E-state index contributed by atoms with van der Waals surface area (Å²) in [6.07, 6.45) is 1.28. The Morgan fingerprint density at radius 3 is 2.42 bits per heavy atom. The lowest BCUT2D eigenvalue weighted by Crippen LogP contribution is -2.32. The van der Waals surface area contributed by atoms with Gasteiger partial charge in [0.1, 0.15) is 22.9 Å². The van der Waals surface area contributed by atoms with Gasteiger partial charge in [0.05, 0.1) is 26.0 Å². The molecule has 172 valence electrons. The maximum atomic E-state index is 13.4. The van der Waals surface area contributed by atoms with Gasteiger partial charge < -0.3 is 20.1 Å². The van der Waals surface area contributed by atoms with Crippen molar-refractivity contribution in [3.05, 3.63) is 71.7 Å². The summed E-state index contributed by atoms with van der Waals surface area (Å²) in [5, 5.41) is 0.248. The number of hydrogen-bond donors (Lipinski definition) is 1. The topological polar surface area (TPSA) is 108 Å². The number of ether oxygens (including phenoxy) is 2. The maximum Gasteiger partial charge on any atom is 0.343 e. The number of carbonyl (C=O) groups excluding carboxylic acids is 2. The van der Waals surface area contributed by atoms with Crippen molar-refractivity contribution in [2.24, 2.45) is 0 Å². The van der Waals surface area contributed by atoms with Crippen molar-refractivity contribution in [3.63, 3.8) is 0 Å². The number of rotatable bonds is 9. The molecule has 0 aliphatic heterocycles. The number of benzene rings is 2. The minimum absolute atomic E-state index is 0.00568. The van der Waals surface area contributed by atoms with Crippen LogP contribution in [-0.4, -0.2) is 41.3 Å². The summed E-state index contributed by atoms with van der Waals surface area (Å²) in [6.45, 7) is 2.17. The first-order valence-corrected chi connectivity index (χ1v) is 11.0. The van der Waals surface area contributed by atoms with E-state index < -0.39 is 11.8 Å². The van der Waals surface area contributed by atoms with E-state index in [4.69, 9.17) is 15.2 Å². The summed E-state index contributed by atoms with van der Waals surface area (Å²) in [5.41, 5.74) is 7.34. The van der Waals surface area contributed by atoms with Gasteiger partial charge in [0.2, 0.25) is 5.91 Å². The highest BCUT2D eigenvalue weighted by molar-refractivity contribution is 7.99. The minimum atomic E-state index is -0.607. The number of thioether (sulfide) groups is 1. The summed E-state index contributed by atoms with van der Waals surface area (Å²) in [7, 11) is 1.58. The second-order valence-electron chi connectivity index (χ2n) is 6.77. The molecule has 1 aromatic heterocycles. The number of nitrogens with two attached hydrogens (primary N) is 1. The molecule has 0 atom stereocenters. The van der Waals surface area contributed by atoms with E-state index in [0.29, 0.717) is 11.4 Å². The molecule has 2 aromatic carbocycles. The van der Waals surface area contributed by atoms with Crippen LogP contribution in [0.4, 0.5) is 15.9 Å². The van der Waals surface area contributed by atoms with Crippen LogP contribution in [0.3, 0.4) is 0 Å². The fourth-order valence-electron chi connectivity index (χ4n) is 2.88. The van der Waals surface area contributed by atoms with Gasteiger partial charge in [-0.2, -0.15) is 0 Å². The van der Waals surface area contributed by atoms with Gasteiger partial charge in [0.25, 0.3) is 0 Å². The molecule has 0 unspecified atom stereocenters. The number of nitrogens with zero attached hydrogens (tertiary/aromatic N) is 3. The van der Waals surface area contributed by atoms with Gasteiger partial charge in [-0.05, 0) is 48.9 Å². The van der Waals surface area contributed by atoms with E-state index in [1.807, 2.05) is 12.1 Å². The highest BCUT2D eigenvalue weighted by atomic mass is 32.2. The number of esters is 1. The van der Waals surface area contributed by atoms with Crippen LogP contribution < -0.4 is 15.4 Å². The van der Waals surface area contributed by atoms with Crippen molar-refractivity contribution in [1.82, 2.24) is 9.97 Å². The molecule has 0 bridgehead atoms. The number of methoxy groups -OCH3 is 1. The SMILES string of the molecule is CCOC(=O)c1cnc(SCC(=O)N(Cc2ccc(OC)cc2)c2ccc(F)cc2)nc1N. The number of anilines is 2. The Labute approximate surface area is 194 Å². The molecule has 0 saturated heterocycles. The van der Waals surface area contributed by atoms with Crippen LogP contribution in [0.1, 0.15) is 22.8 Å². The fourth-order valence-corrected chi connectivity index (χ4v) is 3.57. The van der Waals surface area contributed by atoms with E-state index in [2.05, 4.69) is 9.97 Å². The van der Waals surface area contributed by atoms with Crippen molar-refractivity contribution in [2.45, 2.75) is 18.6 Å². The van der Waals surface area contributed by atoms with E-state index in [9.17, 15) is 14.0 Å². The summed E-state index contributed by atoms with van der Waals surface area (Å²) in [5.74, 6) is -0.549. The van der Waals surface area contributed by atoms with Crippen LogP contribution in [0.15, 0.2) is 59.9 Å². The number of amides is 1. The summed E-state index contributed by atoms with van der Waals surface area (Å²) < 4.78 is 23.5. The quantitative estimate of drug-likeness (QED) is 0.287. The van der Waals surface area contributed by atoms with Crippen molar-refractivity contribution in [3.8, 4) is 5.75 Å². The van der Waals surface area contributed by atoms with E-state index in [0.717, 1.165) is 17.3 Å². The van der Waals surface area contributed by atoms with Crippen LogP contribution in [0.5, 0.6) is 5.75 Å². The Hall–Kier alpha value is -3.66. The predicted molar refractivity (Wildman–Crippen MR) is 124 cm³/mol. The van der Waals surface area contributed by atoms with Gasteiger partial charge in [-0.15, -0.1) is 0 Å². The van der Waals surface area contributed by atoms with Gasteiger partial charge in [0, 0.05) is 11.9 Å². The molecule has 0 aliphatic rings. The van der Waals surface area contributed by atoms with Crippen molar-refractivity contribution in [1.29, 1.82) is 0 Å². The maximum absolute atomic E-state index is 13.4. The number of aromatic nitrogens is 2. The standard InChI is InChI=1S/C23H23FN4O4S/c1-3-32-22(30)19-12-26-23(27-21(19)25)33-14-20(29)28(17-8-6-16(24)7-9-17)13-15-4-10-18(31-2)11-5-15/h4-12H,3,13-14H2,1-2H3,(H2,25,26,27). The van der Waals surface area contributed by atoms with Crippen molar-refractivity contribution >= 4 is 35.1 Å². The highest BCUT2D eigenvalue weighted by Crippen LogP contribution is 2.23. The molecule has 0 radical (unpaired) electrons. The van der Waals surface area contributed by atoms with E-state index in [1.165, 1.54) is 18.3 Å². The Morgan fingerprint density at radius 1 is 1.12 bits per heavy atom. The zero-order valence-electron chi connectivity index (χ0n) is 18.2. The molecule has 1 amide bonds. The van der Waals surface area contributed by atoms with Gasteiger partial charge in [-0.1, -0.05) is 23.9 Å². The van der Waals surface area contributed by atoms with Gasteiger partial charge in [-0.3, -0.25) is 4.79 Å². The van der Waals surface area contributed by atoms with Gasteiger partial charge in [-0.25, -0.2) is 19.2 Å². The smallest absolute Gasteiger partial charge is 0.343 e. The Balaban J connectivity index is 1.75. The first-order chi connectivity index (χ1) is 15.9. The van der Waals surface area contributed by atoms with Crippen molar-refractivity contribution < 1.29 is 23.5 Å². The molecule has 0 saturated carbocycles. The molecular weight excluding hydrogens is 447 g/mol. The number of halogens is 1. The zero-order chi connectivity index (χ0) is 23.8. The van der Waals surface area contributed by atoms with Crippen LogP contribution in [0, 0.1) is 5.82 Å². The number of carbonyl (C=O) groups is 2. The highest BCUT2D eigenvalue weighted by Gasteiger charge is 2.19. The molecule has 33 heavy (non-hydrogen) atoms. The molecule has 10 heteroatoms. The third kappa shape index (κ3) is 6.42. The molecule has 3 rings (SSSR count). The molecule has 0 aliphatic carbocycles. The lowest BCUT2D eigenvalue weighted by Gasteiger charge is -2.23. The molecular formula is C23H23FN4O4S. The zero-order valence-corrected chi connectivity index (χ0v) is 19.0. The normalized spacial score (nSPS) is 10.5. The average molecular weight is 471 g/mol. The first-order valence-electron chi connectivity index (χ1n) is 10.0. The largest absolute Gasteiger partial charge is 0.497 e.